The second-order valence-corrected chi connectivity index (χ2v) is 7.78. The molecule has 1 aliphatic rings. The Bertz CT molecular complexity index is 680. The molecular formula is C16H26ClN3O5S. The Labute approximate surface area is 160 Å². The molecule has 0 radical (unpaired) electrons. The number of hydrogen-bond donors (Lipinski definition) is 2. The lowest BCUT2D eigenvalue weighted by Gasteiger charge is -2.26. The van der Waals surface area contributed by atoms with Crippen molar-refractivity contribution in [3.63, 3.8) is 0 Å². The number of sulfonamides is 1. The number of methoxy groups -OCH3 is 1. The maximum absolute atomic E-state index is 12.6. The molecule has 1 heterocycles. The van der Waals surface area contributed by atoms with Gasteiger partial charge in [-0.25, -0.2) is 8.42 Å². The van der Waals surface area contributed by atoms with Crippen LogP contribution in [0.3, 0.4) is 0 Å². The highest BCUT2D eigenvalue weighted by molar-refractivity contribution is 7.88. The van der Waals surface area contributed by atoms with Gasteiger partial charge >= 0.3 is 0 Å². The van der Waals surface area contributed by atoms with Crippen LogP contribution in [0.15, 0.2) is 24.3 Å². The lowest BCUT2D eigenvalue weighted by molar-refractivity contribution is -0.123. The SMILES string of the molecule is COCC(N)C(=O)NCc1ccccc1CS(=O)(=O)N1CCOCC1.Cl. The molecule has 2 rings (SSSR count). The van der Waals surface area contributed by atoms with E-state index in [0.29, 0.717) is 31.9 Å². The highest BCUT2D eigenvalue weighted by atomic mass is 35.5. The second kappa shape index (κ2) is 10.8. The number of nitrogens with two attached hydrogens (primary N) is 1. The first kappa shape index (κ1) is 22.8. The maximum atomic E-state index is 12.6. The van der Waals surface area contributed by atoms with Crippen molar-refractivity contribution >= 4 is 28.3 Å². The molecule has 1 unspecified atom stereocenters. The van der Waals surface area contributed by atoms with Gasteiger partial charge in [0.2, 0.25) is 15.9 Å². The summed E-state index contributed by atoms with van der Waals surface area (Å²) < 4.78 is 36.7. The summed E-state index contributed by atoms with van der Waals surface area (Å²) in [6.07, 6.45) is 0. The average Bonchev–Trinajstić information content (AvgIpc) is 2.61. The van der Waals surface area contributed by atoms with Crippen LogP contribution in [-0.4, -0.2) is 64.7 Å². The number of rotatable bonds is 8. The molecule has 0 spiro atoms. The molecule has 1 aromatic carbocycles. The molecule has 1 aliphatic heterocycles. The zero-order chi connectivity index (χ0) is 18.3. The van der Waals surface area contributed by atoms with Crippen LogP contribution in [-0.2, 0) is 36.6 Å². The summed E-state index contributed by atoms with van der Waals surface area (Å²) in [5.74, 6) is -0.448. The first-order chi connectivity index (χ1) is 11.9. The van der Waals surface area contributed by atoms with Gasteiger partial charge < -0.3 is 20.5 Å². The Morgan fingerprint density at radius 1 is 1.31 bits per heavy atom. The van der Waals surface area contributed by atoms with Gasteiger partial charge in [0.15, 0.2) is 0 Å². The van der Waals surface area contributed by atoms with Gasteiger partial charge in [0, 0.05) is 26.7 Å². The lowest BCUT2D eigenvalue weighted by Crippen LogP contribution is -2.43. The van der Waals surface area contributed by atoms with E-state index in [1.54, 1.807) is 24.3 Å². The van der Waals surface area contributed by atoms with Crippen molar-refractivity contribution in [2.45, 2.75) is 18.3 Å². The molecule has 8 nitrogen and oxygen atoms in total. The van der Waals surface area contributed by atoms with Gasteiger partial charge in [-0.15, -0.1) is 12.4 Å². The molecule has 1 aromatic rings. The summed E-state index contributed by atoms with van der Waals surface area (Å²) in [7, 11) is -1.96. The van der Waals surface area contributed by atoms with Crippen LogP contribution in [0.25, 0.3) is 0 Å². The summed E-state index contributed by atoms with van der Waals surface area (Å²) in [4.78, 5) is 11.9. The number of carbonyl (C=O) groups excluding carboxylic acids is 1. The van der Waals surface area contributed by atoms with Gasteiger partial charge in [0.05, 0.1) is 25.6 Å². The van der Waals surface area contributed by atoms with Gasteiger partial charge in [-0.05, 0) is 11.1 Å². The molecule has 0 saturated carbocycles. The Hall–Kier alpha value is -1.23. The summed E-state index contributed by atoms with van der Waals surface area (Å²) in [5, 5.41) is 2.72. The Kier molecular flexibility index (Phi) is 9.48. The van der Waals surface area contributed by atoms with Crippen molar-refractivity contribution in [2.75, 3.05) is 40.0 Å². The van der Waals surface area contributed by atoms with Crippen molar-refractivity contribution in [1.29, 1.82) is 0 Å². The van der Waals surface area contributed by atoms with E-state index in [0.717, 1.165) is 5.56 Å². The standard InChI is InChI=1S/C16H25N3O5S.ClH/c1-23-11-15(17)16(20)18-10-13-4-2-3-5-14(13)12-25(21,22)19-6-8-24-9-7-19;/h2-5,15H,6-12,17H2,1H3,(H,18,20);1H. The topological polar surface area (TPSA) is 111 Å². The van der Waals surface area contributed by atoms with Crippen LogP contribution < -0.4 is 11.1 Å². The largest absolute Gasteiger partial charge is 0.383 e. The molecule has 3 N–H and O–H groups in total. The molecular weight excluding hydrogens is 382 g/mol. The highest BCUT2D eigenvalue weighted by Crippen LogP contribution is 2.16. The van der Waals surface area contributed by atoms with Gasteiger partial charge in [0.25, 0.3) is 0 Å². The van der Waals surface area contributed by atoms with Crippen molar-refractivity contribution in [1.82, 2.24) is 9.62 Å². The summed E-state index contributed by atoms with van der Waals surface area (Å²) in [6, 6.07) is 6.39. The molecule has 148 valence electrons. The third-order valence-corrected chi connectivity index (χ3v) is 5.78. The highest BCUT2D eigenvalue weighted by Gasteiger charge is 2.25. The number of hydrogen-bond acceptors (Lipinski definition) is 6. The smallest absolute Gasteiger partial charge is 0.239 e. The van der Waals surface area contributed by atoms with Crippen LogP contribution in [0, 0.1) is 0 Å². The van der Waals surface area contributed by atoms with Crippen molar-refractivity contribution in [3.8, 4) is 0 Å². The van der Waals surface area contributed by atoms with Gasteiger partial charge in [-0.1, -0.05) is 24.3 Å². The molecule has 1 saturated heterocycles. The number of benzene rings is 1. The van der Waals surface area contributed by atoms with E-state index >= 15 is 0 Å². The van der Waals surface area contributed by atoms with E-state index in [2.05, 4.69) is 5.32 Å². The monoisotopic (exact) mass is 407 g/mol. The Morgan fingerprint density at radius 3 is 2.54 bits per heavy atom. The fourth-order valence-electron chi connectivity index (χ4n) is 2.55. The van der Waals surface area contributed by atoms with Crippen molar-refractivity contribution in [3.05, 3.63) is 35.4 Å². The molecule has 10 heteroatoms. The molecule has 26 heavy (non-hydrogen) atoms. The number of amides is 1. The molecule has 0 aromatic heterocycles. The molecule has 1 amide bonds. The minimum absolute atomic E-state index is 0. The van der Waals surface area contributed by atoms with Crippen LogP contribution in [0.2, 0.25) is 0 Å². The predicted octanol–water partition coefficient (Wildman–Crippen LogP) is -0.140. The number of carbonyl (C=O) groups is 1. The summed E-state index contributed by atoms with van der Waals surface area (Å²) in [5.41, 5.74) is 7.09. The Balaban J connectivity index is 0.00000338. The minimum atomic E-state index is -3.43. The van der Waals surface area contributed by atoms with E-state index < -0.39 is 16.1 Å². The van der Waals surface area contributed by atoms with Crippen LogP contribution in [0.4, 0.5) is 0 Å². The molecule has 0 aliphatic carbocycles. The third-order valence-electron chi connectivity index (χ3n) is 3.96. The van der Waals surface area contributed by atoms with E-state index in [9.17, 15) is 13.2 Å². The number of ether oxygens (including phenoxy) is 2. The van der Waals surface area contributed by atoms with Gasteiger partial charge in [-0.3, -0.25) is 4.79 Å². The van der Waals surface area contributed by atoms with Crippen LogP contribution in [0.1, 0.15) is 11.1 Å². The molecule has 1 atom stereocenters. The van der Waals surface area contributed by atoms with Crippen LogP contribution in [0.5, 0.6) is 0 Å². The minimum Gasteiger partial charge on any atom is -0.383 e. The normalized spacial score (nSPS) is 16.5. The predicted molar refractivity (Wildman–Crippen MR) is 100 cm³/mol. The van der Waals surface area contributed by atoms with E-state index in [4.69, 9.17) is 15.2 Å². The number of morpholine rings is 1. The number of nitrogens with one attached hydrogen (secondary N) is 1. The van der Waals surface area contributed by atoms with Crippen molar-refractivity contribution < 1.29 is 22.7 Å². The lowest BCUT2D eigenvalue weighted by atomic mass is 10.1. The first-order valence-electron chi connectivity index (χ1n) is 8.08. The fourth-order valence-corrected chi connectivity index (χ4v) is 4.11. The molecule has 1 fully saturated rings. The number of halogens is 1. The first-order valence-corrected chi connectivity index (χ1v) is 9.69. The zero-order valence-electron chi connectivity index (χ0n) is 14.7. The summed E-state index contributed by atoms with van der Waals surface area (Å²) >= 11 is 0. The number of nitrogens with zero attached hydrogens (tertiary/aromatic N) is 1. The Morgan fingerprint density at radius 2 is 1.92 bits per heavy atom. The zero-order valence-corrected chi connectivity index (χ0v) is 16.4. The van der Waals surface area contributed by atoms with E-state index in [1.807, 2.05) is 0 Å². The van der Waals surface area contributed by atoms with Crippen molar-refractivity contribution in [2.24, 2.45) is 5.73 Å². The maximum Gasteiger partial charge on any atom is 0.239 e. The fraction of sp³-hybridized carbons (Fsp3) is 0.562. The van der Waals surface area contributed by atoms with Gasteiger partial charge in [-0.2, -0.15) is 4.31 Å². The van der Waals surface area contributed by atoms with E-state index in [-0.39, 0.29) is 37.2 Å². The molecule has 0 bridgehead atoms. The second-order valence-electron chi connectivity index (χ2n) is 5.82. The van der Waals surface area contributed by atoms with Crippen LogP contribution >= 0.6 is 12.4 Å². The third kappa shape index (κ3) is 6.49. The quantitative estimate of drug-likeness (QED) is 0.620. The van der Waals surface area contributed by atoms with E-state index in [1.165, 1.54) is 11.4 Å². The summed E-state index contributed by atoms with van der Waals surface area (Å²) in [6.45, 7) is 1.90. The van der Waals surface area contributed by atoms with Gasteiger partial charge in [0.1, 0.15) is 6.04 Å². The average molecular weight is 408 g/mol.